The number of anilines is 1. The van der Waals surface area contributed by atoms with Gasteiger partial charge < -0.3 is 29.3 Å². The largest absolute Gasteiger partial charge is 0.497 e. The molecule has 5 aliphatic rings. The van der Waals surface area contributed by atoms with Crippen molar-refractivity contribution in [2.24, 2.45) is 11.3 Å². The standard InChI is InChI=1S/C50H59F3N8O5/c1-48(2,3)66-47(63)60-19-11-33(12-20-60)29-58-21-23-59(24-22-58)46-54-27-37(28-55-46)35-7-8-36-30-61(57-41(36)25-35)50-16-13-49(14-17-50,15-18-50)32-56-45(62)39-26-40(51)44(43(53)42(39)52)65-31-34-5-9-38(64-4)10-6-34/h5-10,25-28,30,33H,11-24,29,31-32H2,1-4H3,(H,56,62). The van der Waals surface area contributed by atoms with E-state index in [4.69, 9.17) is 29.3 Å². The first kappa shape index (κ1) is 45.3. The summed E-state index contributed by atoms with van der Waals surface area (Å²) in [6, 6.07) is 13.7. The van der Waals surface area contributed by atoms with Crippen molar-refractivity contribution in [3.63, 3.8) is 0 Å². The average Bonchev–Trinajstić information content (AvgIpc) is 3.78. The lowest BCUT2D eigenvalue weighted by Crippen LogP contribution is -2.51. The van der Waals surface area contributed by atoms with E-state index >= 15 is 13.2 Å². The van der Waals surface area contributed by atoms with Crippen molar-refractivity contribution in [1.29, 1.82) is 0 Å². The second-order valence-electron chi connectivity index (χ2n) is 19.7. The monoisotopic (exact) mass is 908 g/mol. The van der Waals surface area contributed by atoms with E-state index in [2.05, 4.69) is 44.2 Å². The lowest BCUT2D eigenvalue weighted by molar-refractivity contribution is -0.00564. The summed E-state index contributed by atoms with van der Waals surface area (Å²) in [5.41, 5.74) is 1.89. The maximum atomic E-state index is 15.2. The molecule has 2 bridgehead atoms. The zero-order valence-corrected chi connectivity index (χ0v) is 38.3. The number of likely N-dealkylation sites (tertiary alicyclic amines) is 1. The van der Waals surface area contributed by atoms with Crippen molar-refractivity contribution in [3.05, 3.63) is 95.7 Å². The third-order valence-corrected chi connectivity index (χ3v) is 14.3. The number of benzene rings is 3. The van der Waals surface area contributed by atoms with E-state index in [0.717, 1.165) is 125 Å². The number of rotatable bonds is 12. The topological polar surface area (TPSA) is 127 Å². The summed E-state index contributed by atoms with van der Waals surface area (Å²) < 4.78 is 63.4. The molecule has 10 rings (SSSR count). The first-order chi connectivity index (χ1) is 31.7. The zero-order chi connectivity index (χ0) is 46.2. The van der Waals surface area contributed by atoms with Gasteiger partial charge in [-0.1, -0.05) is 24.3 Å². The molecule has 2 saturated heterocycles. The maximum Gasteiger partial charge on any atom is 0.410 e. The molecule has 5 aromatic rings. The highest BCUT2D eigenvalue weighted by atomic mass is 19.2. The molecule has 2 amide bonds. The molecular formula is C50H59F3N8O5. The van der Waals surface area contributed by atoms with Crippen LogP contribution in [0.5, 0.6) is 11.5 Å². The minimum atomic E-state index is -1.54. The number of carbonyl (C=O) groups excluding carboxylic acids is 2. The number of hydrogen-bond donors (Lipinski definition) is 1. The molecule has 5 fully saturated rings. The van der Waals surface area contributed by atoms with Gasteiger partial charge in [-0.25, -0.2) is 23.5 Å². The van der Waals surface area contributed by atoms with Crippen LogP contribution in [-0.4, -0.2) is 107 Å². The molecule has 0 atom stereocenters. The van der Waals surface area contributed by atoms with E-state index in [0.29, 0.717) is 23.3 Å². The second-order valence-corrected chi connectivity index (χ2v) is 19.7. The molecule has 3 aliphatic carbocycles. The SMILES string of the molecule is COc1ccc(COc2c(F)cc(C(=O)NCC34CCC(n5cc6ccc(-c7cnc(N8CCN(CC9CCN(C(=O)OC(C)(C)C)CC9)CC8)nc7)cc6n5)(CC3)CC4)c(F)c2F)cc1. The molecule has 0 radical (unpaired) electrons. The van der Waals surface area contributed by atoms with Gasteiger partial charge in [0, 0.05) is 81.9 Å². The summed E-state index contributed by atoms with van der Waals surface area (Å²) in [5.74, 6) is -3.97. The van der Waals surface area contributed by atoms with Crippen LogP contribution in [0.4, 0.5) is 23.9 Å². The van der Waals surface area contributed by atoms with E-state index in [9.17, 15) is 9.59 Å². The van der Waals surface area contributed by atoms with Crippen molar-refractivity contribution in [2.75, 3.05) is 64.4 Å². The van der Waals surface area contributed by atoms with Crippen LogP contribution >= 0.6 is 0 Å². The van der Waals surface area contributed by atoms with Crippen LogP contribution in [-0.2, 0) is 16.9 Å². The number of nitrogens with one attached hydrogen (secondary N) is 1. The molecule has 16 heteroatoms. The van der Waals surface area contributed by atoms with Gasteiger partial charge in [-0.15, -0.1) is 0 Å². The lowest BCUT2D eigenvalue weighted by atomic mass is 9.57. The smallest absolute Gasteiger partial charge is 0.410 e. The Kier molecular flexibility index (Phi) is 12.6. The number of piperidine rings is 1. The van der Waals surface area contributed by atoms with Crippen LogP contribution in [0.1, 0.15) is 88.1 Å². The van der Waals surface area contributed by atoms with Gasteiger partial charge in [0.25, 0.3) is 5.91 Å². The van der Waals surface area contributed by atoms with Crippen LogP contribution in [0.2, 0.25) is 0 Å². The number of ether oxygens (including phenoxy) is 3. The average molecular weight is 909 g/mol. The highest BCUT2D eigenvalue weighted by Crippen LogP contribution is 2.55. The Balaban J connectivity index is 0.753. The Morgan fingerprint density at radius 2 is 1.52 bits per heavy atom. The fourth-order valence-electron chi connectivity index (χ4n) is 10.2. The van der Waals surface area contributed by atoms with Gasteiger partial charge in [0.15, 0.2) is 17.4 Å². The molecular weight excluding hydrogens is 850 g/mol. The molecule has 2 aromatic heterocycles. The summed E-state index contributed by atoms with van der Waals surface area (Å²) in [4.78, 5) is 41.8. The second kappa shape index (κ2) is 18.4. The number of fused-ring (bicyclic) bond motifs is 4. The van der Waals surface area contributed by atoms with Crippen LogP contribution in [0.15, 0.2) is 67.1 Å². The van der Waals surface area contributed by atoms with Gasteiger partial charge in [-0.05, 0) is 119 Å². The normalized spacial score (nSPS) is 21.6. The van der Waals surface area contributed by atoms with E-state index < -0.39 is 40.3 Å². The number of piperazine rings is 1. The van der Waals surface area contributed by atoms with Gasteiger partial charge >= 0.3 is 6.09 Å². The van der Waals surface area contributed by atoms with Gasteiger partial charge in [-0.3, -0.25) is 14.4 Å². The number of carbonyl (C=O) groups is 2. The molecule has 3 saturated carbocycles. The van der Waals surface area contributed by atoms with Crippen molar-refractivity contribution < 1.29 is 37.0 Å². The molecule has 0 spiro atoms. The molecule has 0 unspecified atom stereocenters. The quantitative estimate of drug-likeness (QED) is 0.122. The number of methoxy groups -OCH3 is 1. The van der Waals surface area contributed by atoms with E-state index in [1.54, 1.807) is 24.3 Å². The first-order valence-electron chi connectivity index (χ1n) is 23.2. The van der Waals surface area contributed by atoms with Crippen molar-refractivity contribution >= 4 is 28.9 Å². The summed E-state index contributed by atoms with van der Waals surface area (Å²) in [5, 5.41) is 8.95. The molecule has 1 N–H and O–H groups in total. The number of nitrogens with zero attached hydrogens (tertiary/aromatic N) is 7. The van der Waals surface area contributed by atoms with Crippen molar-refractivity contribution in [2.45, 2.75) is 89.9 Å². The van der Waals surface area contributed by atoms with Crippen LogP contribution in [0, 0.1) is 28.8 Å². The van der Waals surface area contributed by atoms with Crippen molar-refractivity contribution in [3.8, 4) is 22.6 Å². The van der Waals surface area contributed by atoms with Gasteiger partial charge in [0.1, 0.15) is 18.0 Å². The van der Waals surface area contributed by atoms with Gasteiger partial charge in [0.2, 0.25) is 11.8 Å². The third-order valence-electron chi connectivity index (χ3n) is 14.3. The number of amides is 2. The van der Waals surface area contributed by atoms with E-state index in [1.807, 2.05) is 38.1 Å². The maximum absolute atomic E-state index is 15.2. The Morgan fingerprint density at radius 1 is 0.833 bits per heavy atom. The fraction of sp³-hybridized carbons (Fsp3) is 0.500. The number of halogens is 3. The Labute approximate surface area is 383 Å². The Hall–Kier alpha value is -5.90. The Morgan fingerprint density at radius 3 is 2.17 bits per heavy atom. The minimum Gasteiger partial charge on any atom is -0.497 e. The summed E-state index contributed by atoms with van der Waals surface area (Å²) in [6.07, 6.45) is 12.7. The zero-order valence-electron chi connectivity index (χ0n) is 38.3. The fourth-order valence-corrected chi connectivity index (χ4v) is 10.2. The summed E-state index contributed by atoms with van der Waals surface area (Å²) in [7, 11) is 1.52. The predicted octanol–water partition coefficient (Wildman–Crippen LogP) is 8.75. The van der Waals surface area contributed by atoms with Gasteiger partial charge in [-0.2, -0.15) is 9.49 Å². The number of aromatic nitrogens is 4. The van der Waals surface area contributed by atoms with Crippen LogP contribution in [0.25, 0.3) is 22.0 Å². The highest BCUT2D eigenvalue weighted by Gasteiger charge is 2.50. The molecule has 13 nitrogen and oxygen atoms in total. The first-order valence-corrected chi connectivity index (χ1v) is 23.2. The molecule has 3 aromatic carbocycles. The molecule has 2 aliphatic heterocycles. The summed E-state index contributed by atoms with van der Waals surface area (Å²) >= 11 is 0. The van der Waals surface area contributed by atoms with Crippen LogP contribution in [0.3, 0.4) is 0 Å². The third kappa shape index (κ3) is 9.65. The molecule has 66 heavy (non-hydrogen) atoms. The highest BCUT2D eigenvalue weighted by molar-refractivity contribution is 5.94. The summed E-state index contributed by atoms with van der Waals surface area (Å²) in [6.45, 7) is 11.9. The molecule has 350 valence electrons. The minimum absolute atomic E-state index is 0.154. The van der Waals surface area contributed by atoms with Gasteiger partial charge in [0.05, 0.1) is 23.7 Å². The van der Waals surface area contributed by atoms with Crippen LogP contribution < -0.4 is 19.7 Å². The van der Waals surface area contributed by atoms with E-state index in [1.165, 1.54) is 7.11 Å². The predicted molar refractivity (Wildman–Crippen MR) is 244 cm³/mol. The molecule has 4 heterocycles. The number of hydrogen-bond acceptors (Lipinski definition) is 10. The lowest BCUT2D eigenvalue weighted by Gasteiger charge is -2.53. The van der Waals surface area contributed by atoms with Crippen molar-refractivity contribution in [1.82, 2.24) is 34.9 Å². The Bertz CT molecular complexity index is 2520. The van der Waals surface area contributed by atoms with E-state index in [-0.39, 0.29) is 30.2 Å².